The van der Waals surface area contributed by atoms with E-state index in [-0.39, 0.29) is 0 Å². The van der Waals surface area contributed by atoms with Crippen LogP contribution in [0.2, 0.25) is 0 Å². The number of benzene rings is 2. The van der Waals surface area contributed by atoms with Crippen molar-refractivity contribution in [3.05, 3.63) is 53.5 Å². The van der Waals surface area contributed by atoms with Crippen molar-refractivity contribution in [2.75, 3.05) is 38.1 Å². The molecule has 2 aromatic carbocycles. The van der Waals surface area contributed by atoms with Gasteiger partial charge in [0.2, 0.25) is 0 Å². The van der Waals surface area contributed by atoms with Crippen LogP contribution in [0.15, 0.2) is 48.5 Å². The quantitative estimate of drug-likeness (QED) is 0.633. The second kappa shape index (κ2) is 8.86. The van der Waals surface area contributed by atoms with E-state index in [0.717, 1.165) is 54.8 Å². The van der Waals surface area contributed by atoms with E-state index >= 15 is 0 Å². The Bertz CT molecular complexity index is 900. The van der Waals surface area contributed by atoms with Crippen LogP contribution in [0.5, 0.6) is 5.75 Å². The minimum Gasteiger partial charge on any atom is -0.494 e. The SMILES string of the molecule is CCOc1ccc(NC(=S)N2CCN(Cc3nc4ccccc4s3)CC2)cc1. The van der Waals surface area contributed by atoms with Crippen LogP contribution < -0.4 is 10.1 Å². The highest BCUT2D eigenvalue weighted by Gasteiger charge is 2.20. The summed E-state index contributed by atoms with van der Waals surface area (Å²) in [5, 5.41) is 5.30. The van der Waals surface area contributed by atoms with Crippen molar-refractivity contribution in [2.45, 2.75) is 13.5 Å². The van der Waals surface area contributed by atoms with Gasteiger partial charge in [0.1, 0.15) is 10.8 Å². The van der Waals surface area contributed by atoms with Crippen LogP contribution in [0.4, 0.5) is 5.69 Å². The summed E-state index contributed by atoms with van der Waals surface area (Å²) in [7, 11) is 0. The van der Waals surface area contributed by atoms with Gasteiger partial charge in [-0.25, -0.2) is 4.98 Å². The predicted molar refractivity (Wildman–Crippen MR) is 120 cm³/mol. The van der Waals surface area contributed by atoms with Gasteiger partial charge in [-0.3, -0.25) is 4.90 Å². The number of thiazole rings is 1. The fraction of sp³-hybridized carbons (Fsp3) is 0.333. The zero-order valence-electron chi connectivity index (χ0n) is 15.9. The lowest BCUT2D eigenvalue weighted by molar-refractivity contribution is 0.177. The molecule has 1 aliphatic heterocycles. The molecule has 0 saturated carbocycles. The summed E-state index contributed by atoms with van der Waals surface area (Å²) in [6.07, 6.45) is 0. The minimum atomic E-state index is 0.673. The Balaban J connectivity index is 1.27. The summed E-state index contributed by atoms with van der Waals surface area (Å²) in [5.41, 5.74) is 2.09. The Morgan fingerprint density at radius 3 is 2.57 bits per heavy atom. The molecule has 1 saturated heterocycles. The number of fused-ring (bicyclic) bond motifs is 1. The zero-order chi connectivity index (χ0) is 19.3. The number of anilines is 1. The van der Waals surface area contributed by atoms with Crippen LogP contribution in [0.3, 0.4) is 0 Å². The van der Waals surface area contributed by atoms with Crippen LogP contribution in [0, 0.1) is 0 Å². The molecule has 0 radical (unpaired) electrons. The van der Waals surface area contributed by atoms with Gasteiger partial charge in [0.15, 0.2) is 5.11 Å². The van der Waals surface area contributed by atoms with Crippen molar-refractivity contribution < 1.29 is 4.74 Å². The molecule has 0 atom stereocenters. The molecular weight excluding hydrogens is 388 g/mol. The van der Waals surface area contributed by atoms with E-state index in [0.29, 0.717) is 6.61 Å². The van der Waals surface area contributed by atoms with Gasteiger partial charge in [-0.15, -0.1) is 11.3 Å². The highest BCUT2D eigenvalue weighted by atomic mass is 32.1. The second-order valence-electron chi connectivity index (χ2n) is 6.73. The van der Waals surface area contributed by atoms with E-state index in [1.54, 1.807) is 11.3 Å². The van der Waals surface area contributed by atoms with Gasteiger partial charge in [-0.05, 0) is 55.5 Å². The van der Waals surface area contributed by atoms with Crippen molar-refractivity contribution >= 4 is 44.6 Å². The fourth-order valence-electron chi connectivity index (χ4n) is 3.29. The van der Waals surface area contributed by atoms with Crippen LogP contribution in [0.25, 0.3) is 10.2 Å². The van der Waals surface area contributed by atoms with Crippen molar-refractivity contribution in [1.29, 1.82) is 0 Å². The lowest BCUT2D eigenvalue weighted by Gasteiger charge is -2.35. The molecule has 7 heteroatoms. The molecule has 0 spiro atoms. The third-order valence-electron chi connectivity index (χ3n) is 4.77. The maximum Gasteiger partial charge on any atom is 0.173 e. The molecule has 146 valence electrons. The van der Waals surface area contributed by atoms with Gasteiger partial charge >= 0.3 is 0 Å². The number of ether oxygens (including phenoxy) is 1. The average Bonchev–Trinajstić information content (AvgIpc) is 3.12. The van der Waals surface area contributed by atoms with Crippen LogP contribution in [-0.2, 0) is 6.54 Å². The topological polar surface area (TPSA) is 40.6 Å². The molecule has 28 heavy (non-hydrogen) atoms. The van der Waals surface area contributed by atoms with Gasteiger partial charge in [-0.1, -0.05) is 12.1 Å². The number of thiocarbonyl (C=S) groups is 1. The number of rotatable bonds is 5. The van der Waals surface area contributed by atoms with Crippen LogP contribution in [-0.4, -0.2) is 52.7 Å². The normalized spacial score (nSPS) is 15.0. The summed E-state index contributed by atoms with van der Waals surface area (Å²) in [5.74, 6) is 0.877. The fourth-order valence-corrected chi connectivity index (χ4v) is 4.60. The van der Waals surface area contributed by atoms with Gasteiger partial charge in [0, 0.05) is 31.9 Å². The standard InChI is InChI=1S/C21H24N4OS2/c1-2-26-17-9-7-16(8-10-17)22-21(27)25-13-11-24(12-14-25)15-20-23-18-5-3-4-6-19(18)28-20/h3-10H,2,11-15H2,1H3,(H,22,27). The highest BCUT2D eigenvalue weighted by molar-refractivity contribution is 7.80. The number of piperazine rings is 1. The van der Waals surface area contributed by atoms with Gasteiger partial charge < -0.3 is 15.0 Å². The molecule has 1 aromatic heterocycles. The molecule has 1 fully saturated rings. The first-order valence-electron chi connectivity index (χ1n) is 9.57. The third kappa shape index (κ3) is 4.60. The van der Waals surface area contributed by atoms with E-state index < -0.39 is 0 Å². The molecule has 0 bridgehead atoms. The molecule has 4 rings (SSSR count). The maximum absolute atomic E-state index is 5.61. The summed E-state index contributed by atoms with van der Waals surface area (Å²) in [6, 6.07) is 16.3. The molecule has 3 aromatic rings. The van der Waals surface area contributed by atoms with Crippen molar-refractivity contribution in [2.24, 2.45) is 0 Å². The summed E-state index contributed by atoms with van der Waals surface area (Å²) >= 11 is 7.40. The third-order valence-corrected chi connectivity index (χ3v) is 6.15. The molecular formula is C21H24N4OS2. The van der Waals surface area contributed by atoms with E-state index in [9.17, 15) is 0 Å². The molecule has 2 heterocycles. The van der Waals surface area contributed by atoms with E-state index in [2.05, 4.69) is 33.3 Å². The molecule has 0 aliphatic carbocycles. The first-order chi connectivity index (χ1) is 13.7. The zero-order valence-corrected chi connectivity index (χ0v) is 17.6. The molecule has 1 N–H and O–H groups in total. The Morgan fingerprint density at radius 1 is 1.11 bits per heavy atom. The first-order valence-corrected chi connectivity index (χ1v) is 10.8. The summed E-state index contributed by atoms with van der Waals surface area (Å²) in [6.45, 7) is 7.39. The van der Waals surface area contributed by atoms with Gasteiger partial charge in [-0.2, -0.15) is 0 Å². The number of hydrogen-bond acceptors (Lipinski definition) is 5. The highest BCUT2D eigenvalue weighted by Crippen LogP contribution is 2.23. The number of nitrogens with zero attached hydrogens (tertiary/aromatic N) is 3. The first kappa shape index (κ1) is 19.1. The summed E-state index contributed by atoms with van der Waals surface area (Å²) < 4.78 is 6.74. The Hall–Kier alpha value is -2.22. The van der Waals surface area contributed by atoms with Gasteiger partial charge in [0.25, 0.3) is 0 Å². The average molecular weight is 413 g/mol. The van der Waals surface area contributed by atoms with E-state index in [1.807, 2.05) is 37.3 Å². The molecule has 5 nitrogen and oxygen atoms in total. The number of hydrogen-bond donors (Lipinski definition) is 1. The van der Waals surface area contributed by atoms with Crippen LogP contribution >= 0.6 is 23.6 Å². The maximum atomic E-state index is 5.61. The Labute approximate surface area is 174 Å². The van der Waals surface area contributed by atoms with E-state index in [4.69, 9.17) is 21.9 Å². The summed E-state index contributed by atoms with van der Waals surface area (Å²) in [4.78, 5) is 9.44. The van der Waals surface area contributed by atoms with Gasteiger partial charge in [0.05, 0.1) is 23.4 Å². The predicted octanol–water partition coefficient (Wildman–Crippen LogP) is 4.21. The Kier molecular flexibility index (Phi) is 6.04. The monoisotopic (exact) mass is 412 g/mol. The number of nitrogens with one attached hydrogen (secondary N) is 1. The van der Waals surface area contributed by atoms with Crippen molar-refractivity contribution in [3.8, 4) is 5.75 Å². The van der Waals surface area contributed by atoms with Crippen molar-refractivity contribution in [1.82, 2.24) is 14.8 Å². The molecule has 0 unspecified atom stereocenters. The molecule has 1 aliphatic rings. The smallest absolute Gasteiger partial charge is 0.173 e. The second-order valence-corrected chi connectivity index (χ2v) is 8.23. The number of para-hydroxylation sites is 1. The number of aromatic nitrogens is 1. The van der Waals surface area contributed by atoms with Crippen molar-refractivity contribution in [3.63, 3.8) is 0 Å². The lowest BCUT2D eigenvalue weighted by atomic mass is 10.3. The van der Waals surface area contributed by atoms with Crippen LogP contribution in [0.1, 0.15) is 11.9 Å². The van der Waals surface area contributed by atoms with E-state index in [1.165, 1.54) is 9.71 Å². The lowest BCUT2D eigenvalue weighted by Crippen LogP contribution is -2.49. The molecule has 0 amide bonds. The largest absolute Gasteiger partial charge is 0.494 e. The Morgan fingerprint density at radius 2 is 1.86 bits per heavy atom. The minimum absolute atomic E-state index is 0.673.